The van der Waals surface area contributed by atoms with E-state index in [1.165, 1.54) is 11.6 Å². The molecule has 4 nitrogen and oxygen atoms in total. The van der Waals surface area contributed by atoms with Crippen LogP contribution in [0.2, 0.25) is 0 Å². The van der Waals surface area contributed by atoms with E-state index in [0.717, 1.165) is 26.8 Å². The predicted octanol–water partition coefficient (Wildman–Crippen LogP) is 3.61. The second-order valence-electron chi connectivity index (χ2n) is 5.27. The number of anilines is 1. The zero-order valence-electron chi connectivity index (χ0n) is 13.0. The maximum absolute atomic E-state index is 11.4. The molecule has 0 fully saturated rings. The number of thiophene rings is 1. The van der Waals surface area contributed by atoms with E-state index in [1.54, 1.807) is 30.7 Å². The Morgan fingerprint density at radius 2 is 2.04 bits per heavy atom. The van der Waals surface area contributed by atoms with Crippen LogP contribution < -0.4 is 11.1 Å². The summed E-state index contributed by atoms with van der Waals surface area (Å²) in [6, 6.07) is 8.34. The molecule has 3 rings (SSSR count). The number of carbonyl (C=O) groups excluding carboxylic acids is 1. The van der Waals surface area contributed by atoms with Crippen LogP contribution in [0, 0.1) is 6.92 Å². The van der Waals surface area contributed by atoms with Crippen LogP contribution in [0.5, 0.6) is 0 Å². The van der Waals surface area contributed by atoms with Gasteiger partial charge in [0, 0.05) is 40.5 Å². The molecule has 0 saturated carbocycles. The summed E-state index contributed by atoms with van der Waals surface area (Å²) in [6.45, 7) is 2.06. The molecule has 23 heavy (non-hydrogen) atoms. The van der Waals surface area contributed by atoms with Gasteiger partial charge in [0.25, 0.3) is 0 Å². The van der Waals surface area contributed by atoms with Crippen LogP contribution in [-0.4, -0.2) is 17.9 Å². The van der Waals surface area contributed by atoms with Crippen molar-refractivity contribution < 1.29 is 4.79 Å². The first kappa shape index (κ1) is 15.2. The number of nitrogen functional groups attached to an aromatic ring is 1. The number of nitrogens with two attached hydrogens (primary N) is 1. The van der Waals surface area contributed by atoms with Crippen LogP contribution in [0.1, 0.15) is 11.1 Å². The molecule has 2 aromatic heterocycles. The van der Waals surface area contributed by atoms with E-state index in [9.17, 15) is 4.79 Å². The molecule has 0 aliphatic rings. The van der Waals surface area contributed by atoms with Crippen molar-refractivity contribution in [1.82, 2.24) is 10.3 Å². The van der Waals surface area contributed by atoms with Gasteiger partial charge in [-0.15, -0.1) is 11.3 Å². The third-order valence-corrected chi connectivity index (χ3v) is 4.70. The number of hydrogen-bond donors (Lipinski definition) is 2. The Hall–Kier alpha value is -2.66. The zero-order chi connectivity index (χ0) is 16.4. The number of nitrogens with one attached hydrogen (secondary N) is 1. The number of carbonyl (C=O) groups is 1. The van der Waals surface area contributed by atoms with Gasteiger partial charge in [-0.1, -0.05) is 29.8 Å². The first-order valence-electron chi connectivity index (χ1n) is 7.22. The van der Waals surface area contributed by atoms with Gasteiger partial charge in [-0.3, -0.25) is 4.79 Å². The lowest BCUT2D eigenvalue weighted by molar-refractivity contribution is -0.115. The molecule has 5 heteroatoms. The fourth-order valence-electron chi connectivity index (χ4n) is 2.40. The van der Waals surface area contributed by atoms with Crippen molar-refractivity contribution in [1.29, 1.82) is 0 Å². The van der Waals surface area contributed by atoms with Crippen molar-refractivity contribution >= 4 is 39.2 Å². The smallest absolute Gasteiger partial charge is 0.243 e. The Morgan fingerprint density at radius 1 is 1.30 bits per heavy atom. The topological polar surface area (TPSA) is 68.0 Å². The Labute approximate surface area is 138 Å². The van der Waals surface area contributed by atoms with Gasteiger partial charge in [-0.2, -0.15) is 0 Å². The van der Waals surface area contributed by atoms with E-state index >= 15 is 0 Å². The minimum absolute atomic E-state index is 0.148. The molecule has 1 aromatic carbocycles. The Kier molecular flexibility index (Phi) is 4.12. The maximum atomic E-state index is 11.4. The van der Waals surface area contributed by atoms with Gasteiger partial charge in [-0.25, -0.2) is 4.98 Å². The van der Waals surface area contributed by atoms with E-state index in [0.29, 0.717) is 5.82 Å². The molecular formula is C18H17N3OS. The molecule has 3 aromatic rings. The van der Waals surface area contributed by atoms with Crippen LogP contribution in [0.25, 0.3) is 27.3 Å². The lowest BCUT2D eigenvalue weighted by Gasteiger charge is -2.04. The van der Waals surface area contributed by atoms with E-state index in [-0.39, 0.29) is 5.91 Å². The van der Waals surface area contributed by atoms with Crippen molar-refractivity contribution in [3.63, 3.8) is 0 Å². The van der Waals surface area contributed by atoms with Crippen molar-refractivity contribution in [2.45, 2.75) is 6.92 Å². The molecular weight excluding hydrogens is 306 g/mol. The van der Waals surface area contributed by atoms with Crippen LogP contribution in [-0.2, 0) is 4.79 Å². The number of aryl methyl sites for hydroxylation is 1. The average molecular weight is 323 g/mol. The van der Waals surface area contributed by atoms with Gasteiger partial charge in [-0.05, 0) is 23.9 Å². The summed E-state index contributed by atoms with van der Waals surface area (Å²) in [7, 11) is 1.60. The Morgan fingerprint density at radius 3 is 2.74 bits per heavy atom. The highest BCUT2D eigenvalue weighted by Crippen LogP contribution is 2.38. The van der Waals surface area contributed by atoms with Crippen LogP contribution >= 0.6 is 11.3 Å². The molecule has 0 saturated heterocycles. The largest absolute Gasteiger partial charge is 0.383 e. The maximum Gasteiger partial charge on any atom is 0.243 e. The normalized spacial score (nSPS) is 11.2. The molecule has 0 unspecified atom stereocenters. The first-order valence-corrected chi connectivity index (χ1v) is 8.10. The standard InChI is InChI=1S/C18H17N3OS/c1-11-3-5-12(6-4-11)14-10-23-17-13(7-8-15(22)20-2)9-21-18(19)16(14)17/h3-10H,1-2H3,(H2,19,21)(H,20,22)/b8-7+. The molecule has 3 N–H and O–H groups in total. The second-order valence-corrected chi connectivity index (χ2v) is 6.15. The summed E-state index contributed by atoms with van der Waals surface area (Å²) < 4.78 is 1.04. The van der Waals surface area contributed by atoms with Crippen LogP contribution in [0.3, 0.4) is 0 Å². The van der Waals surface area contributed by atoms with Crippen molar-refractivity contribution in [3.8, 4) is 11.1 Å². The Bertz CT molecular complexity index is 895. The van der Waals surface area contributed by atoms with Gasteiger partial charge >= 0.3 is 0 Å². The SMILES string of the molecule is CNC(=O)/C=C/c1cnc(N)c2c(-c3ccc(C)cc3)csc12. The lowest BCUT2D eigenvalue weighted by atomic mass is 10.0. The van der Waals surface area contributed by atoms with Crippen LogP contribution in [0.4, 0.5) is 5.82 Å². The summed E-state index contributed by atoms with van der Waals surface area (Å²) in [5, 5.41) is 5.59. The number of pyridine rings is 1. The van der Waals surface area contributed by atoms with E-state index < -0.39 is 0 Å². The van der Waals surface area contributed by atoms with Crippen molar-refractivity contribution in [3.05, 3.63) is 53.0 Å². The number of hydrogen-bond acceptors (Lipinski definition) is 4. The van der Waals surface area contributed by atoms with Gasteiger partial charge in [0.15, 0.2) is 0 Å². The third kappa shape index (κ3) is 2.96. The second kappa shape index (κ2) is 6.22. The lowest BCUT2D eigenvalue weighted by Crippen LogP contribution is -2.13. The highest BCUT2D eigenvalue weighted by atomic mass is 32.1. The first-order chi connectivity index (χ1) is 11.1. The summed E-state index contributed by atoms with van der Waals surface area (Å²) in [6.07, 6.45) is 4.97. The summed E-state index contributed by atoms with van der Waals surface area (Å²) in [4.78, 5) is 15.7. The summed E-state index contributed by atoms with van der Waals surface area (Å²) >= 11 is 1.61. The van der Waals surface area contributed by atoms with Gasteiger partial charge in [0.2, 0.25) is 5.91 Å². The number of likely N-dealkylation sites (N-methyl/N-ethyl adjacent to an activating group) is 1. The number of aromatic nitrogens is 1. The molecule has 1 amide bonds. The number of amides is 1. The van der Waals surface area contributed by atoms with Crippen molar-refractivity contribution in [2.75, 3.05) is 12.8 Å². The fraction of sp³-hybridized carbons (Fsp3) is 0.111. The third-order valence-electron chi connectivity index (χ3n) is 3.68. The molecule has 0 radical (unpaired) electrons. The minimum atomic E-state index is -0.148. The van der Waals surface area contributed by atoms with Gasteiger partial charge in [0.05, 0.1) is 0 Å². The monoisotopic (exact) mass is 323 g/mol. The molecule has 0 aliphatic heterocycles. The molecule has 0 atom stereocenters. The highest BCUT2D eigenvalue weighted by Gasteiger charge is 2.13. The quantitative estimate of drug-likeness (QED) is 0.724. The van der Waals surface area contributed by atoms with E-state index in [1.807, 2.05) is 0 Å². The molecule has 0 spiro atoms. The highest BCUT2D eigenvalue weighted by molar-refractivity contribution is 7.18. The average Bonchev–Trinajstić information content (AvgIpc) is 3.00. The number of fused-ring (bicyclic) bond motifs is 1. The minimum Gasteiger partial charge on any atom is -0.383 e. The summed E-state index contributed by atoms with van der Waals surface area (Å²) in [5.41, 5.74) is 10.4. The van der Waals surface area contributed by atoms with Crippen molar-refractivity contribution in [2.24, 2.45) is 0 Å². The molecule has 0 bridgehead atoms. The fourth-order valence-corrected chi connectivity index (χ4v) is 3.48. The zero-order valence-corrected chi connectivity index (χ0v) is 13.8. The van der Waals surface area contributed by atoms with E-state index in [4.69, 9.17) is 5.73 Å². The molecule has 116 valence electrons. The van der Waals surface area contributed by atoms with E-state index in [2.05, 4.69) is 46.9 Å². The molecule has 0 aliphatic carbocycles. The molecule has 2 heterocycles. The van der Waals surface area contributed by atoms with Gasteiger partial charge in [0.1, 0.15) is 5.82 Å². The summed E-state index contributed by atoms with van der Waals surface area (Å²) in [5.74, 6) is 0.360. The van der Waals surface area contributed by atoms with Crippen LogP contribution in [0.15, 0.2) is 41.9 Å². The van der Waals surface area contributed by atoms with Gasteiger partial charge < -0.3 is 11.1 Å². The number of benzene rings is 1. The predicted molar refractivity (Wildman–Crippen MR) is 97.3 cm³/mol. The Balaban J connectivity index is 2.14. The number of nitrogens with zero attached hydrogens (tertiary/aromatic N) is 1. The number of rotatable bonds is 3.